The van der Waals surface area contributed by atoms with Gasteiger partial charge < -0.3 is 15.4 Å². The van der Waals surface area contributed by atoms with E-state index in [1.165, 1.54) is 12.8 Å². The summed E-state index contributed by atoms with van der Waals surface area (Å²) in [7, 11) is 0. The van der Waals surface area contributed by atoms with Crippen LogP contribution in [0.15, 0.2) is 0 Å². The summed E-state index contributed by atoms with van der Waals surface area (Å²) in [5.74, 6) is 0.107. The van der Waals surface area contributed by atoms with E-state index in [2.05, 4.69) is 10.6 Å². The molecule has 15 heavy (non-hydrogen) atoms. The van der Waals surface area contributed by atoms with E-state index in [1.54, 1.807) is 0 Å². The Morgan fingerprint density at radius 3 is 2.73 bits per heavy atom. The van der Waals surface area contributed by atoms with Gasteiger partial charge in [-0.2, -0.15) is 0 Å². The maximum Gasteiger partial charge on any atom is 0.221 e. The van der Waals surface area contributed by atoms with Crippen LogP contribution in [0.3, 0.4) is 0 Å². The molecule has 0 aromatic rings. The molecule has 0 radical (unpaired) electrons. The van der Waals surface area contributed by atoms with Crippen molar-refractivity contribution in [1.29, 1.82) is 0 Å². The van der Waals surface area contributed by atoms with E-state index in [-0.39, 0.29) is 12.0 Å². The summed E-state index contributed by atoms with van der Waals surface area (Å²) in [5, 5.41) is 6.13. The lowest BCUT2D eigenvalue weighted by atomic mass is 10.4. The van der Waals surface area contributed by atoms with Gasteiger partial charge in [-0.1, -0.05) is 0 Å². The molecule has 0 aliphatic heterocycles. The van der Waals surface area contributed by atoms with Crippen LogP contribution in [0.1, 0.15) is 33.1 Å². The quantitative estimate of drug-likeness (QED) is 0.584. The molecule has 1 saturated carbocycles. The second-order valence-electron chi connectivity index (χ2n) is 4.25. The average molecular weight is 214 g/mol. The highest BCUT2D eigenvalue weighted by atomic mass is 16.5. The molecule has 0 aromatic carbocycles. The molecule has 4 heteroatoms. The molecule has 0 spiro atoms. The van der Waals surface area contributed by atoms with Crippen LogP contribution in [0.25, 0.3) is 0 Å². The summed E-state index contributed by atoms with van der Waals surface area (Å²) in [6.07, 6.45) is 3.34. The number of carbonyl (C=O) groups excluding carboxylic acids is 1. The fourth-order valence-corrected chi connectivity index (χ4v) is 1.25. The van der Waals surface area contributed by atoms with Crippen molar-refractivity contribution in [2.24, 2.45) is 0 Å². The second-order valence-corrected chi connectivity index (χ2v) is 4.25. The summed E-state index contributed by atoms with van der Waals surface area (Å²) in [5.41, 5.74) is 0. The third-order valence-electron chi connectivity index (χ3n) is 2.24. The maximum atomic E-state index is 11.3. The molecule has 4 nitrogen and oxygen atoms in total. The van der Waals surface area contributed by atoms with Crippen molar-refractivity contribution in [1.82, 2.24) is 10.6 Å². The molecule has 1 aliphatic carbocycles. The van der Waals surface area contributed by atoms with Gasteiger partial charge in [-0.05, 0) is 26.7 Å². The standard InChI is InChI=1S/C11H22N2O2/c1-9(2)15-8-7-13-11(14)5-6-12-10-3-4-10/h9-10,12H,3-8H2,1-2H3,(H,13,14). The van der Waals surface area contributed by atoms with Crippen LogP contribution in [0, 0.1) is 0 Å². The monoisotopic (exact) mass is 214 g/mol. The molecule has 88 valence electrons. The molecular weight excluding hydrogens is 192 g/mol. The van der Waals surface area contributed by atoms with Gasteiger partial charge in [0, 0.05) is 25.6 Å². The van der Waals surface area contributed by atoms with Gasteiger partial charge in [0.25, 0.3) is 0 Å². The Labute approximate surface area is 91.8 Å². The predicted molar refractivity (Wildman–Crippen MR) is 59.7 cm³/mol. The molecule has 0 unspecified atom stereocenters. The average Bonchev–Trinajstić information content (AvgIpc) is 2.96. The van der Waals surface area contributed by atoms with Gasteiger partial charge in [-0.15, -0.1) is 0 Å². The van der Waals surface area contributed by atoms with E-state index in [9.17, 15) is 4.79 Å². The normalized spacial score (nSPS) is 15.7. The van der Waals surface area contributed by atoms with Gasteiger partial charge in [0.05, 0.1) is 12.7 Å². The Morgan fingerprint density at radius 2 is 2.13 bits per heavy atom. The summed E-state index contributed by atoms with van der Waals surface area (Å²) in [4.78, 5) is 11.3. The third-order valence-corrected chi connectivity index (χ3v) is 2.24. The Kier molecular flexibility index (Phi) is 5.65. The Balaban J connectivity index is 1.84. The lowest BCUT2D eigenvalue weighted by Crippen LogP contribution is -2.31. The molecule has 0 bridgehead atoms. The van der Waals surface area contributed by atoms with E-state index in [0.29, 0.717) is 25.6 Å². The van der Waals surface area contributed by atoms with Gasteiger partial charge in [-0.3, -0.25) is 4.79 Å². The van der Waals surface area contributed by atoms with Crippen LogP contribution >= 0.6 is 0 Å². The zero-order valence-corrected chi connectivity index (χ0v) is 9.71. The first kappa shape index (κ1) is 12.5. The van der Waals surface area contributed by atoms with Crippen molar-refractivity contribution in [3.63, 3.8) is 0 Å². The fourth-order valence-electron chi connectivity index (χ4n) is 1.25. The predicted octanol–water partition coefficient (Wildman–Crippen LogP) is 0.670. The number of amides is 1. The van der Waals surface area contributed by atoms with Crippen LogP contribution in [-0.2, 0) is 9.53 Å². The minimum absolute atomic E-state index is 0.107. The molecule has 0 atom stereocenters. The molecule has 1 fully saturated rings. The van der Waals surface area contributed by atoms with E-state index in [0.717, 1.165) is 6.54 Å². The molecule has 0 heterocycles. The SMILES string of the molecule is CC(C)OCCNC(=O)CCNC1CC1. The Morgan fingerprint density at radius 1 is 1.40 bits per heavy atom. The van der Waals surface area contributed by atoms with Crippen molar-refractivity contribution in [3.05, 3.63) is 0 Å². The molecule has 2 N–H and O–H groups in total. The highest BCUT2D eigenvalue weighted by Crippen LogP contribution is 2.18. The van der Waals surface area contributed by atoms with Crippen molar-refractivity contribution in [2.45, 2.75) is 45.3 Å². The number of hydrogen-bond acceptors (Lipinski definition) is 3. The van der Waals surface area contributed by atoms with Crippen molar-refractivity contribution in [3.8, 4) is 0 Å². The lowest BCUT2D eigenvalue weighted by Gasteiger charge is -2.08. The van der Waals surface area contributed by atoms with Crippen LogP contribution in [0.4, 0.5) is 0 Å². The van der Waals surface area contributed by atoms with Crippen molar-refractivity contribution in [2.75, 3.05) is 19.7 Å². The summed E-state index contributed by atoms with van der Waals surface area (Å²) in [6.45, 7) is 5.98. The molecule has 1 amide bonds. The molecule has 1 rings (SSSR count). The van der Waals surface area contributed by atoms with Gasteiger partial charge in [0.1, 0.15) is 0 Å². The zero-order chi connectivity index (χ0) is 11.1. The Hall–Kier alpha value is -0.610. The number of ether oxygens (including phenoxy) is 1. The summed E-state index contributed by atoms with van der Waals surface area (Å²) < 4.78 is 5.31. The van der Waals surface area contributed by atoms with Gasteiger partial charge in [-0.25, -0.2) is 0 Å². The zero-order valence-electron chi connectivity index (χ0n) is 9.71. The Bertz CT molecular complexity index is 191. The molecule has 0 aromatic heterocycles. The van der Waals surface area contributed by atoms with Crippen molar-refractivity contribution >= 4 is 5.91 Å². The van der Waals surface area contributed by atoms with Crippen LogP contribution in [0.5, 0.6) is 0 Å². The minimum atomic E-state index is 0.107. The fraction of sp³-hybridized carbons (Fsp3) is 0.909. The molecular formula is C11H22N2O2. The van der Waals surface area contributed by atoms with E-state index in [4.69, 9.17) is 4.74 Å². The van der Waals surface area contributed by atoms with Gasteiger partial charge in [0.2, 0.25) is 5.91 Å². The smallest absolute Gasteiger partial charge is 0.221 e. The number of nitrogens with one attached hydrogen (secondary N) is 2. The summed E-state index contributed by atoms with van der Waals surface area (Å²) in [6, 6.07) is 0.682. The molecule has 1 aliphatic rings. The van der Waals surface area contributed by atoms with Crippen LogP contribution < -0.4 is 10.6 Å². The van der Waals surface area contributed by atoms with Crippen molar-refractivity contribution < 1.29 is 9.53 Å². The lowest BCUT2D eigenvalue weighted by molar-refractivity contribution is -0.121. The highest BCUT2D eigenvalue weighted by Gasteiger charge is 2.19. The van der Waals surface area contributed by atoms with E-state index in [1.807, 2.05) is 13.8 Å². The number of carbonyl (C=O) groups is 1. The van der Waals surface area contributed by atoms with E-state index >= 15 is 0 Å². The highest BCUT2D eigenvalue weighted by molar-refractivity contribution is 5.76. The number of hydrogen-bond donors (Lipinski definition) is 2. The topological polar surface area (TPSA) is 50.4 Å². The molecule has 0 saturated heterocycles. The second kappa shape index (κ2) is 6.80. The number of rotatable bonds is 8. The van der Waals surface area contributed by atoms with E-state index < -0.39 is 0 Å². The first-order valence-corrected chi connectivity index (χ1v) is 5.80. The third kappa shape index (κ3) is 7.33. The van der Waals surface area contributed by atoms with Gasteiger partial charge >= 0.3 is 0 Å². The van der Waals surface area contributed by atoms with Crippen LogP contribution in [-0.4, -0.2) is 37.7 Å². The first-order chi connectivity index (χ1) is 7.18. The van der Waals surface area contributed by atoms with Gasteiger partial charge in [0.15, 0.2) is 0 Å². The van der Waals surface area contributed by atoms with Crippen LogP contribution in [0.2, 0.25) is 0 Å². The minimum Gasteiger partial charge on any atom is -0.377 e. The summed E-state index contributed by atoms with van der Waals surface area (Å²) >= 11 is 0. The maximum absolute atomic E-state index is 11.3. The largest absolute Gasteiger partial charge is 0.377 e. The first-order valence-electron chi connectivity index (χ1n) is 5.80.